The lowest BCUT2D eigenvalue weighted by atomic mass is 9.72. The molecule has 1 saturated heterocycles. The molecule has 1 aliphatic heterocycles. The van der Waals surface area contributed by atoms with Crippen molar-refractivity contribution in [1.29, 1.82) is 0 Å². The summed E-state index contributed by atoms with van der Waals surface area (Å²) in [6.07, 6.45) is 8.50. The van der Waals surface area contributed by atoms with Gasteiger partial charge in [0, 0.05) is 8.80 Å². The number of hydrogen-bond donors (Lipinski definition) is 0. The Kier molecular flexibility index (Phi) is 6.06. The van der Waals surface area contributed by atoms with Crippen LogP contribution in [-0.2, 0) is 0 Å². The minimum absolute atomic E-state index is 0.191. The van der Waals surface area contributed by atoms with E-state index in [4.69, 9.17) is 0 Å². The maximum Gasteiger partial charge on any atom is 0.194 e. The predicted octanol–water partition coefficient (Wildman–Crippen LogP) is 6.42. The second-order valence-corrected chi connectivity index (χ2v) is 11.4. The molecule has 0 amide bonds. The summed E-state index contributed by atoms with van der Waals surface area (Å²) in [5.74, 6) is -1.57. The van der Waals surface area contributed by atoms with E-state index in [-0.39, 0.29) is 5.92 Å². The molecule has 1 aliphatic carbocycles. The number of rotatable bonds is 4. The summed E-state index contributed by atoms with van der Waals surface area (Å²) >= 11 is 0. The third-order valence-corrected chi connectivity index (χ3v) is 10.2. The first kappa shape index (κ1) is 18.0. The Hall–Kier alpha value is -0.773. The topological polar surface area (TPSA) is 0 Å². The van der Waals surface area contributed by atoms with Gasteiger partial charge >= 0.3 is 0 Å². The van der Waals surface area contributed by atoms with Crippen molar-refractivity contribution in [1.82, 2.24) is 0 Å². The second kappa shape index (κ2) is 8.07. The summed E-state index contributed by atoms with van der Waals surface area (Å²) in [5, 5.41) is 0. The standard InChI is InChI=1S/C20H29F3Si/c1-2-9-24-10-7-16(8-11-24)14-3-5-15(6-4-14)17-12-18(21)20(23)19(22)13-17/h12-16,24H,2-11H2,1H3/t14-,15-,16?,24?. The first-order valence-electron chi connectivity index (χ1n) is 9.72. The highest BCUT2D eigenvalue weighted by Gasteiger charge is 2.31. The van der Waals surface area contributed by atoms with Crippen molar-refractivity contribution >= 4 is 8.80 Å². The van der Waals surface area contributed by atoms with Gasteiger partial charge in [0.2, 0.25) is 0 Å². The Bertz CT molecular complexity index is 521. The Morgan fingerprint density at radius 1 is 0.875 bits per heavy atom. The van der Waals surface area contributed by atoms with E-state index in [0.29, 0.717) is 5.56 Å². The van der Waals surface area contributed by atoms with Crippen molar-refractivity contribution in [2.24, 2.45) is 11.8 Å². The molecule has 4 heteroatoms. The van der Waals surface area contributed by atoms with Crippen LogP contribution in [-0.4, -0.2) is 8.80 Å². The highest BCUT2D eigenvalue weighted by atomic mass is 28.3. The van der Waals surface area contributed by atoms with Crippen molar-refractivity contribution in [3.8, 4) is 0 Å². The van der Waals surface area contributed by atoms with Gasteiger partial charge in [0.15, 0.2) is 17.5 Å². The molecule has 3 rings (SSSR count). The second-order valence-electron chi connectivity index (χ2n) is 7.98. The van der Waals surface area contributed by atoms with Crippen LogP contribution in [0.15, 0.2) is 12.1 Å². The Morgan fingerprint density at radius 3 is 1.96 bits per heavy atom. The molecule has 1 aromatic carbocycles. The molecular weight excluding hydrogens is 325 g/mol. The van der Waals surface area contributed by atoms with E-state index in [9.17, 15) is 13.2 Å². The molecule has 1 heterocycles. The van der Waals surface area contributed by atoms with E-state index in [1.165, 1.54) is 49.5 Å². The highest BCUT2D eigenvalue weighted by molar-refractivity contribution is 6.58. The van der Waals surface area contributed by atoms with Gasteiger partial charge in [0.25, 0.3) is 0 Å². The summed E-state index contributed by atoms with van der Waals surface area (Å²) in [5.41, 5.74) is 0.643. The fraction of sp³-hybridized carbons (Fsp3) is 0.700. The zero-order valence-corrected chi connectivity index (χ0v) is 15.8. The number of benzene rings is 1. The van der Waals surface area contributed by atoms with E-state index in [2.05, 4.69) is 6.92 Å². The van der Waals surface area contributed by atoms with Gasteiger partial charge in [0.05, 0.1) is 0 Å². The quantitative estimate of drug-likeness (QED) is 0.432. The Morgan fingerprint density at radius 2 is 1.42 bits per heavy atom. The summed E-state index contributed by atoms with van der Waals surface area (Å²) < 4.78 is 40.0. The average molecular weight is 355 g/mol. The lowest BCUT2D eigenvalue weighted by molar-refractivity contribution is 0.216. The van der Waals surface area contributed by atoms with E-state index in [0.717, 1.165) is 37.5 Å². The third-order valence-electron chi connectivity index (χ3n) is 6.50. The van der Waals surface area contributed by atoms with E-state index in [1.54, 1.807) is 0 Å². The van der Waals surface area contributed by atoms with Crippen molar-refractivity contribution in [2.75, 3.05) is 0 Å². The molecule has 0 aromatic heterocycles. The van der Waals surface area contributed by atoms with Crippen LogP contribution in [0.5, 0.6) is 0 Å². The Balaban J connectivity index is 1.53. The maximum absolute atomic E-state index is 13.5. The normalized spacial score (nSPS) is 31.2. The van der Waals surface area contributed by atoms with Crippen LogP contribution in [0.3, 0.4) is 0 Å². The molecule has 0 radical (unpaired) electrons. The molecule has 1 aromatic rings. The lowest BCUT2D eigenvalue weighted by Gasteiger charge is -2.37. The monoisotopic (exact) mass is 354 g/mol. The average Bonchev–Trinajstić information content (AvgIpc) is 2.60. The summed E-state index contributed by atoms with van der Waals surface area (Å²) in [6.45, 7) is 2.31. The number of halogens is 3. The minimum atomic E-state index is -1.35. The predicted molar refractivity (Wildman–Crippen MR) is 95.6 cm³/mol. The molecule has 0 atom stereocenters. The summed E-state index contributed by atoms with van der Waals surface area (Å²) in [7, 11) is -0.416. The van der Waals surface area contributed by atoms with Crippen molar-refractivity contribution < 1.29 is 13.2 Å². The van der Waals surface area contributed by atoms with Crippen LogP contribution in [0.25, 0.3) is 0 Å². The number of hydrogen-bond acceptors (Lipinski definition) is 0. The minimum Gasteiger partial charge on any atom is -0.204 e. The van der Waals surface area contributed by atoms with E-state index < -0.39 is 26.2 Å². The van der Waals surface area contributed by atoms with E-state index in [1.807, 2.05) is 0 Å². The van der Waals surface area contributed by atoms with Gasteiger partial charge < -0.3 is 0 Å². The molecule has 24 heavy (non-hydrogen) atoms. The van der Waals surface area contributed by atoms with E-state index >= 15 is 0 Å². The molecular formula is C20H29F3Si. The van der Waals surface area contributed by atoms with Gasteiger partial charge in [-0.3, -0.25) is 0 Å². The summed E-state index contributed by atoms with van der Waals surface area (Å²) in [6, 6.07) is 6.96. The molecule has 0 unspecified atom stereocenters. The van der Waals surface area contributed by atoms with Gasteiger partial charge in [0.1, 0.15) is 0 Å². The first-order valence-corrected chi connectivity index (χ1v) is 12.2. The van der Waals surface area contributed by atoms with Crippen LogP contribution >= 0.6 is 0 Å². The van der Waals surface area contributed by atoms with Crippen molar-refractivity contribution in [3.05, 3.63) is 35.1 Å². The van der Waals surface area contributed by atoms with Crippen LogP contribution in [0.4, 0.5) is 13.2 Å². The van der Waals surface area contributed by atoms with Gasteiger partial charge in [-0.2, -0.15) is 0 Å². The molecule has 0 spiro atoms. The van der Waals surface area contributed by atoms with Gasteiger partial charge in [-0.25, -0.2) is 13.2 Å². The highest BCUT2D eigenvalue weighted by Crippen LogP contribution is 2.43. The van der Waals surface area contributed by atoms with Crippen molar-refractivity contribution in [3.63, 3.8) is 0 Å². The summed E-state index contributed by atoms with van der Waals surface area (Å²) in [4.78, 5) is 0. The fourth-order valence-electron chi connectivity index (χ4n) is 5.09. The van der Waals surface area contributed by atoms with Crippen LogP contribution in [0.2, 0.25) is 18.1 Å². The van der Waals surface area contributed by atoms with Crippen LogP contribution in [0, 0.1) is 29.3 Å². The van der Waals surface area contributed by atoms with Crippen molar-refractivity contribution in [2.45, 2.75) is 75.9 Å². The molecule has 0 nitrogen and oxygen atoms in total. The first-order chi connectivity index (χ1) is 11.6. The third kappa shape index (κ3) is 4.06. The van der Waals surface area contributed by atoms with Gasteiger partial charge in [-0.1, -0.05) is 44.3 Å². The van der Waals surface area contributed by atoms with Gasteiger partial charge in [-0.05, 0) is 61.1 Å². The molecule has 1 saturated carbocycles. The van der Waals surface area contributed by atoms with Crippen LogP contribution < -0.4 is 0 Å². The Labute approximate surface area is 145 Å². The maximum atomic E-state index is 13.5. The molecule has 0 bridgehead atoms. The molecule has 134 valence electrons. The van der Waals surface area contributed by atoms with Gasteiger partial charge in [-0.15, -0.1) is 0 Å². The largest absolute Gasteiger partial charge is 0.204 e. The zero-order valence-electron chi connectivity index (χ0n) is 14.7. The smallest absolute Gasteiger partial charge is 0.194 e. The SMILES string of the molecule is CCC[SiH]1CCC([C@H]2CC[C@H](c3cc(F)c(F)c(F)c3)CC2)CC1. The molecule has 2 fully saturated rings. The lowest BCUT2D eigenvalue weighted by Crippen LogP contribution is -2.28. The molecule has 0 N–H and O–H groups in total. The zero-order chi connectivity index (χ0) is 17.1. The fourth-order valence-corrected chi connectivity index (χ4v) is 8.57. The van der Waals surface area contributed by atoms with Crippen LogP contribution in [0.1, 0.15) is 63.4 Å². The molecule has 2 aliphatic rings.